The Bertz CT molecular complexity index is 566. The van der Waals surface area contributed by atoms with Crippen LogP contribution in [0, 0.1) is 0 Å². The molecule has 2 rings (SSSR count). The van der Waals surface area contributed by atoms with E-state index in [1.807, 2.05) is 19.1 Å². The average molecular weight is 320 g/mol. The fourth-order valence-electron chi connectivity index (χ4n) is 1.74. The number of amides is 1. The van der Waals surface area contributed by atoms with Gasteiger partial charge in [0.15, 0.2) is 0 Å². The van der Waals surface area contributed by atoms with E-state index in [1.165, 1.54) is 0 Å². The first kappa shape index (κ1) is 13.5. The minimum Gasteiger partial charge on any atom is -0.399 e. The van der Waals surface area contributed by atoms with Gasteiger partial charge >= 0.3 is 0 Å². The molecule has 1 heterocycles. The van der Waals surface area contributed by atoms with Crippen molar-refractivity contribution >= 4 is 27.5 Å². The van der Waals surface area contributed by atoms with Gasteiger partial charge in [-0.15, -0.1) is 0 Å². The highest BCUT2D eigenvalue weighted by Gasteiger charge is 2.12. The lowest BCUT2D eigenvalue weighted by Gasteiger charge is -2.14. The van der Waals surface area contributed by atoms with E-state index >= 15 is 0 Å². The van der Waals surface area contributed by atoms with E-state index in [9.17, 15) is 4.79 Å². The van der Waals surface area contributed by atoms with Crippen LogP contribution in [0.1, 0.15) is 28.9 Å². The number of hydrogen-bond donors (Lipinski definition) is 2. The van der Waals surface area contributed by atoms with Crippen molar-refractivity contribution in [2.45, 2.75) is 13.0 Å². The number of halogens is 1. The summed E-state index contributed by atoms with van der Waals surface area (Å²) in [5, 5.41) is 2.91. The summed E-state index contributed by atoms with van der Waals surface area (Å²) in [5.41, 5.74) is 7.76. The normalized spacial score (nSPS) is 11.9. The Hall–Kier alpha value is -1.88. The van der Waals surface area contributed by atoms with Crippen molar-refractivity contribution in [1.82, 2.24) is 10.3 Å². The molecule has 19 heavy (non-hydrogen) atoms. The van der Waals surface area contributed by atoms with Gasteiger partial charge in [-0.25, -0.2) is 0 Å². The number of pyridine rings is 1. The maximum Gasteiger partial charge on any atom is 0.251 e. The van der Waals surface area contributed by atoms with Crippen LogP contribution in [-0.2, 0) is 0 Å². The van der Waals surface area contributed by atoms with Crippen LogP contribution in [0.25, 0.3) is 0 Å². The largest absolute Gasteiger partial charge is 0.399 e. The number of hydrogen-bond acceptors (Lipinski definition) is 3. The Kier molecular flexibility index (Phi) is 4.16. The van der Waals surface area contributed by atoms with Crippen molar-refractivity contribution in [3.8, 4) is 0 Å². The van der Waals surface area contributed by atoms with E-state index in [-0.39, 0.29) is 11.9 Å². The average Bonchev–Trinajstić information content (AvgIpc) is 2.38. The summed E-state index contributed by atoms with van der Waals surface area (Å²) >= 11 is 3.32. The van der Waals surface area contributed by atoms with Gasteiger partial charge in [0.1, 0.15) is 0 Å². The number of carbonyl (C=O) groups is 1. The first-order chi connectivity index (χ1) is 9.06. The summed E-state index contributed by atoms with van der Waals surface area (Å²) in [6, 6.07) is 8.79. The molecule has 5 heteroatoms. The second-order valence-corrected chi connectivity index (χ2v) is 5.17. The van der Waals surface area contributed by atoms with Crippen LogP contribution in [0.4, 0.5) is 5.69 Å². The zero-order chi connectivity index (χ0) is 13.8. The van der Waals surface area contributed by atoms with E-state index in [4.69, 9.17) is 5.73 Å². The van der Waals surface area contributed by atoms with Crippen LogP contribution >= 0.6 is 15.9 Å². The first-order valence-electron chi connectivity index (χ1n) is 5.83. The number of nitrogen functional groups attached to an aromatic ring is 1. The monoisotopic (exact) mass is 319 g/mol. The Morgan fingerprint density at radius 1 is 1.42 bits per heavy atom. The van der Waals surface area contributed by atoms with Crippen molar-refractivity contribution < 1.29 is 4.79 Å². The molecule has 0 saturated heterocycles. The van der Waals surface area contributed by atoms with Crippen molar-refractivity contribution in [3.05, 3.63) is 58.3 Å². The molecule has 0 radical (unpaired) electrons. The molecular formula is C14H14BrN3O. The van der Waals surface area contributed by atoms with Gasteiger partial charge in [-0.05, 0) is 36.8 Å². The van der Waals surface area contributed by atoms with Crippen LogP contribution in [0.3, 0.4) is 0 Å². The van der Waals surface area contributed by atoms with E-state index in [2.05, 4.69) is 26.2 Å². The predicted octanol–water partition coefficient (Wildman–Crippen LogP) is 2.92. The molecule has 1 amide bonds. The lowest BCUT2D eigenvalue weighted by molar-refractivity contribution is 0.0940. The van der Waals surface area contributed by atoms with E-state index in [0.29, 0.717) is 11.3 Å². The molecule has 98 valence electrons. The summed E-state index contributed by atoms with van der Waals surface area (Å²) in [6.45, 7) is 1.91. The summed E-state index contributed by atoms with van der Waals surface area (Å²) in [6.07, 6.45) is 3.44. The van der Waals surface area contributed by atoms with Gasteiger partial charge in [0.2, 0.25) is 0 Å². The van der Waals surface area contributed by atoms with Gasteiger partial charge < -0.3 is 11.1 Å². The second kappa shape index (κ2) is 5.84. The highest BCUT2D eigenvalue weighted by Crippen LogP contribution is 2.18. The molecule has 1 aromatic carbocycles. The van der Waals surface area contributed by atoms with E-state index in [0.717, 1.165) is 10.0 Å². The van der Waals surface area contributed by atoms with Crippen molar-refractivity contribution in [3.63, 3.8) is 0 Å². The zero-order valence-electron chi connectivity index (χ0n) is 10.4. The number of anilines is 1. The molecule has 2 aromatic rings. The number of benzene rings is 1. The number of nitrogens with two attached hydrogens (primary N) is 1. The molecule has 0 aliphatic heterocycles. The number of carbonyl (C=O) groups excluding carboxylic acids is 1. The second-order valence-electron chi connectivity index (χ2n) is 4.25. The molecule has 0 fully saturated rings. The number of nitrogens with zero attached hydrogens (tertiary/aromatic N) is 1. The van der Waals surface area contributed by atoms with Crippen LogP contribution in [0.2, 0.25) is 0 Å². The van der Waals surface area contributed by atoms with Gasteiger partial charge in [-0.2, -0.15) is 0 Å². The van der Waals surface area contributed by atoms with E-state index < -0.39 is 0 Å². The third-order valence-corrected chi connectivity index (χ3v) is 3.17. The third kappa shape index (κ3) is 3.54. The molecule has 0 aliphatic rings. The Morgan fingerprint density at radius 3 is 2.84 bits per heavy atom. The van der Waals surface area contributed by atoms with Crippen molar-refractivity contribution in [1.29, 1.82) is 0 Å². The molecule has 1 atom stereocenters. The number of nitrogens with one attached hydrogen (secondary N) is 1. The van der Waals surface area contributed by atoms with Crippen LogP contribution < -0.4 is 11.1 Å². The summed E-state index contributed by atoms with van der Waals surface area (Å²) in [7, 11) is 0. The maximum absolute atomic E-state index is 12.1. The Balaban J connectivity index is 2.13. The van der Waals surface area contributed by atoms with Gasteiger partial charge in [0.25, 0.3) is 5.91 Å². The molecule has 0 spiro atoms. The van der Waals surface area contributed by atoms with E-state index in [1.54, 1.807) is 30.6 Å². The standard InChI is InChI=1S/C14H14BrN3O/c1-9(10-3-2-4-17-8-10)18-14(19)11-5-12(15)7-13(16)6-11/h2-9H,16H2,1H3,(H,18,19). The molecule has 1 aromatic heterocycles. The van der Waals surface area contributed by atoms with Gasteiger partial charge in [0.05, 0.1) is 6.04 Å². The van der Waals surface area contributed by atoms with Crippen LogP contribution in [0.5, 0.6) is 0 Å². The Morgan fingerprint density at radius 2 is 2.21 bits per heavy atom. The SMILES string of the molecule is CC(NC(=O)c1cc(N)cc(Br)c1)c1cccnc1. The summed E-state index contributed by atoms with van der Waals surface area (Å²) < 4.78 is 0.784. The van der Waals surface area contributed by atoms with Gasteiger partial charge in [0, 0.05) is 28.1 Å². The number of rotatable bonds is 3. The molecule has 1 unspecified atom stereocenters. The predicted molar refractivity (Wildman–Crippen MR) is 78.7 cm³/mol. The molecule has 0 bridgehead atoms. The molecular weight excluding hydrogens is 306 g/mol. The lowest BCUT2D eigenvalue weighted by Crippen LogP contribution is -2.26. The highest BCUT2D eigenvalue weighted by atomic mass is 79.9. The number of aromatic nitrogens is 1. The lowest BCUT2D eigenvalue weighted by atomic mass is 10.1. The summed E-state index contributed by atoms with van der Waals surface area (Å²) in [4.78, 5) is 16.2. The molecule has 3 N–H and O–H groups in total. The molecule has 0 saturated carbocycles. The fourth-order valence-corrected chi connectivity index (χ4v) is 2.25. The third-order valence-electron chi connectivity index (χ3n) is 2.71. The van der Waals surface area contributed by atoms with Crippen LogP contribution in [0.15, 0.2) is 47.2 Å². The van der Waals surface area contributed by atoms with Gasteiger partial charge in [-0.1, -0.05) is 22.0 Å². The highest BCUT2D eigenvalue weighted by molar-refractivity contribution is 9.10. The Labute approximate surface area is 120 Å². The van der Waals surface area contributed by atoms with Crippen LogP contribution in [-0.4, -0.2) is 10.9 Å². The fraction of sp³-hybridized carbons (Fsp3) is 0.143. The zero-order valence-corrected chi connectivity index (χ0v) is 12.0. The van der Waals surface area contributed by atoms with Gasteiger partial charge in [-0.3, -0.25) is 9.78 Å². The minimum absolute atomic E-state index is 0.110. The molecule has 0 aliphatic carbocycles. The summed E-state index contributed by atoms with van der Waals surface area (Å²) in [5.74, 6) is -0.163. The van der Waals surface area contributed by atoms with Crippen molar-refractivity contribution in [2.75, 3.05) is 5.73 Å². The quantitative estimate of drug-likeness (QED) is 0.855. The maximum atomic E-state index is 12.1. The smallest absolute Gasteiger partial charge is 0.251 e. The first-order valence-corrected chi connectivity index (χ1v) is 6.62. The molecule has 4 nitrogen and oxygen atoms in total. The van der Waals surface area contributed by atoms with Crippen molar-refractivity contribution in [2.24, 2.45) is 0 Å². The minimum atomic E-state index is -0.163. The topological polar surface area (TPSA) is 68.0 Å².